The second-order valence-electron chi connectivity index (χ2n) is 1.89. The van der Waals surface area contributed by atoms with E-state index in [4.69, 9.17) is 0 Å². The van der Waals surface area contributed by atoms with E-state index in [0.717, 1.165) is 0 Å². The first kappa shape index (κ1) is 11.6. The molecule has 0 aliphatic carbocycles. The first-order valence-electron chi connectivity index (χ1n) is 3.11. The molecule has 0 aliphatic rings. The van der Waals surface area contributed by atoms with Gasteiger partial charge in [-0.1, -0.05) is 0 Å². The molecule has 0 radical (unpaired) electrons. The lowest BCUT2D eigenvalue weighted by molar-refractivity contribution is -0.323. The van der Waals surface area contributed by atoms with E-state index in [9.17, 15) is 22.0 Å². The standard InChI is InChI=1S/C5H8F5NO/c6-4(7)3-11-1-2-12-5(8,9)10/h4,11H,1-3H2. The summed E-state index contributed by atoms with van der Waals surface area (Å²) in [5.41, 5.74) is 0. The van der Waals surface area contributed by atoms with Crippen LogP contribution in [0.1, 0.15) is 0 Å². The van der Waals surface area contributed by atoms with Crippen molar-refractivity contribution >= 4 is 0 Å². The highest BCUT2D eigenvalue weighted by molar-refractivity contribution is 4.47. The van der Waals surface area contributed by atoms with Crippen molar-refractivity contribution in [3.05, 3.63) is 0 Å². The lowest BCUT2D eigenvalue weighted by Crippen LogP contribution is -2.27. The Kier molecular flexibility index (Phi) is 5.07. The van der Waals surface area contributed by atoms with Gasteiger partial charge in [0.1, 0.15) is 0 Å². The van der Waals surface area contributed by atoms with Crippen molar-refractivity contribution in [2.24, 2.45) is 0 Å². The van der Waals surface area contributed by atoms with Gasteiger partial charge >= 0.3 is 6.36 Å². The van der Waals surface area contributed by atoms with Crippen molar-refractivity contribution in [3.63, 3.8) is 0 Å². The predicted octanol–water partition coefficient (Wildman–Crippen LogP) is 1.38. The Labute approximate surface area is 65.7 Å². The van der Waals surface area contributed by atoms with Crippen LogP contribution in [0.15, 0.2) is 0 Å². The number of rotatable bonds is 5. The van der Waals surface area contributed by atoms with Gasteiger partial charge in [-0.05, 0) is 0 Å². The van der Waals surface area contributed by atoms with Crippen LogP contribution in [0.2, 0.25) is 0 Å². The Hall–Kier alpha value is -0.430. The van der Waals surface area contributed by atoms with E-state index in [1.54, 1.807) is 0 Å². The maximum absolute atomic E-state index is 11.4. The molecule has 0 spiro atoms. The van der Waals surface area contributed by atoms with Crippen LogP contribution in [0.4, 0.5) is 22.0 Å². The van der Waals surface area contributed by atoms with E-state index in [1.807, 2.05) is 0 Å². The molecule has 0 aromatic heterocycles. The average Bonchev–Trinajstić information content (AvgIpc) is 1.83. The lowest BCUT2D eigenvalue weighted by Gasteiger charge is -2.07. The normalized spacial score (nSPS) is 12.5. The number of hydrogen-bond acceptors (Lipinski definition) is 2. The van der Waals surface area contributed by atoms with Gasteiger partial charge < -0.3 is 5.32 Å². The molecule has 74 valence electrons. The van der Waals surface area contributed by atoms with Gasteiger partial charge in [-0.3, -0.25) is 4.74 Å². The smallest absolute Gasteiger partial charge is 0.309 e. The van der Waals surface area contributed by atoms with Crippen molar-refractivity contribution in [1.29, 1.82) is 0 Å². The minimum Gasteiger partial charge on any atom is -0.309 e. The third kappa shape index (κ3) is 9.57. The molecule has 0 rings (SSSR count). The molecule has 0 bridgehead atoms. The number of halogens is 5. The van der Waals surface area contributed by atoms with Crippen molar-refractivity contribution in [2.45, 2.75) is 12.8 Å². The van der Waals surface area contributed by atoms with Gasteiger partial charge in [0.2, 0.25) is 0 Å². The van der Waals surface area contributed by atoms with Crippen molar-refractivity contribution in [3.8, 4) is 0 Å². The zero-order valence-corrected chi connectivity index (χ0v) is 6.00. The van der Waals surface area contributed by atoms with E-state index in [1.165, 1.54) is 0 Å². The molecule has 0 saturated heterocycles. The Bertz CT molecular complexity index is 115. The number of hydrogen-bond donors (Lipinski definition) is 1. The molecule has 0 aromatic rings. The fourth-order valence-electron chi connectivity index (χ4n) is 0.450. The summed E-state index contributed by atoms with van der Waals surface area (Å²) in [5.74, 6) is 0. The molecular formula is C5H8F5NO. The maximum Gasteiger partial charge on any atom is 0.522 e. The molecular weight excluding hydrogens is 185 g/mol. The van der Waals surface area contributed by atoms with Gasteiger partial charge in [-0.15, -0.1) is 13.2 Å². The summed E-state index contributed by atoms with van der Waals surface area (Å²) in [6, 6.07) is 0. The molecule has 0 aromatic carbocycles. The zero-order chi connectivity index (χ0) is 9.61. The van der Waals surface area contributed by atoms with E-state index in [0.29, 0.717) is 0 Å². The van der Waals surface area contributed by atoms with Gasteiger partial charge in [0.25, 0.3) is 6.43 Å². The number of ether oxygens (including phenoxy) is 1. The van der Waals surface area contributed by atoms with Crippen molar-refractivity contribution in [2.75, 3.05) is 19.7 Å². The maximum atomic E-state index is 11.4. The summed E-state index contributed by atoms with van der Waals surface area (Å²) in [6.07, 6.45) is -7.25. The lowest BCUT2D eigenvalue weighted by atomic mass is 10.6. The van der Waals surface area contributed by atoms with Gasteiger partial charge in [0, 0.05) is 6.54 Å². The number of alkyl halides is 5. The highest BCUT2D eigenvalue weighted by Gasteiger charge is 2.28. The third-order valence-electron chi connectivity index (χ3n) is 0.843. The molecule has 12 heavy (non-hydrogen) atoms. The molecule has 0 saturated carbocycles. The van der Waals surface area contributed by atoms with Crippen LogP contribution < -0.4 is 5.32 Å². The first-order chi connectivity index (χ1) is 5.42. The SMILES string of the molecule is FC(F)CNCCOC(F)(F)F. The average molecular weight is 193 g/mol. The molecule has 0 amide bonds. The largest absolute Gasteiger partial charge is 0.522 e. The van der Waals surface area contributed by atoms with E-state index in [2.05, 4.69) is 10.1 Å². The van der Waals surface area contributed by atoms with E-state index >= 15 is 0 Å². The summed E-state index contributed by atoms with van der Waals surface area (Å²) in [5, 5.41) is 2.08. The Morgan fingerprint density at radius 2 is 1.83 bits per heavy atom. The summed E-state index contributed by atoms with van der Waals surface area (Å²) in [4.78, 5) is 0. The Morgan fingerprint density at radius 3 is 2.25 bits per heavy atom. The monoisotopic (exact) mass is 193 g/mol. The molecule has 7 heteroatoms. The molecule has 0 unspecified atom stereocenters. The quantitative estimate of drug-likeness (QED) is 0.526. The topological polar surface area (TPSA) is 21.3 Å². The van der Waals surface area contributed by atoms with Crippen molar-refractivity contribution in [1.82, 2.24) is 5.32 Å². The second-order valence-corrected chi connectivity index (χ2v) is 1.89. The zero-order valence-electron chi connectivity index (χ0n) is 6.00. The highest BCUT2D eigenvalue weighted by atomic mass is 19.4. The van der Waals surface area contributed by atoms with Crippen LogP contribution >= 0.6 is 0 Å². The molecule has 0 heterocycles. The van der Waals surface area contributed by atoms with Crippen LogP contribution in [0.25, 0.3) is 0 Å². The minimum atomic E-state index is -4.69. The van der Waals surface area contributed by atoms with Gasteiger partial charge in [0.15, 0.2) is 0 Å². The van der Waals surface area contributed by atoms with E-state index < -0.39 is 25.9 Å². The summed E-state index contributed by atoms with van der Waals surface area (Å²) in [6.45, 7) is -1.53. The molecule has 2 nitrogen and oxygen atoms in total. The highest BCUT2D eigenvalue weighted by Crippen LogP contribution is 2.14. The van der Waals surface area contributed by atoms with Crippen LogP contribution in [0, 0.1) is 0 Å². The van der Waals surface area contributed by atoms with Crippen LogP contribution in [-0.4, -0.2) is 32.5 Å². The summed E-state index contributed by atoms with van der Waals surface area (Å²) < 4.78 is 59.8. The molecule has 0 atom stereocenters. The minimum absolute atomic E-state index is 0.246. The Balaban J connectivity index is 3.12. The van der Waals surface area contributed by atoms with Crippen molar-refractivity contribution < 1.29 is 26.7 Å². The second kappa shape index (κ2) is 5.26. The molecule has 0 aliphatic heterocycles. The summed E-state index contributed by atoms with van der Waals surface area (Å²) in [7, 11) is 0. The fraction of sp³-hybridized carbons (Fsp3) is 1.00. The summed E-state index contributed by atoms with van der Waals surface area (Å²) >= 11 is 0. The third-order valence-corrected chi connectivity index (χ3v) is 0.843. The fourth-order valence-corrected chi connectivity index (χ4v) is 0.450. The van der Waals surface area contributed by atoms with Gasteiger partial charge in [-0.2, -0.15) is 0 Å². The van der Waals surface area contributed by atoms with E-state index in [-0.39, 0.29) is 6.54 Å². The van der Waals surface area contributed by atoms with Crippen LogP contribution in [0.3, 0.4) is 0 Å². The van der Waals surface area contributed by atoms with Gasteiger partial charge in [0.05, 0.1) is 13.2 Å². The molecule has 0 fully saturated rings. The van der Waals surface area contributed by atoms with Crippen LogP contribution in [0.5, 0.6) is 0 Å². The van der Waals surface area contributed by atoms with Crippen LogP contribution in [-0.2, 0) is 4.74 Å². The Morgan fingerprint density at radius 1 is 1.25 bits per heavy atom. The molecule has 1 N–H and O–H groups in total. The number of nitrogens with one attached hydrogen (secondary N) is 1. The van der Waals surface area contributed by atoms with Gasteiger partial charge in [-0.25, -0.2) is 8.78 Å². The predicted molar refractivity (Wildman–Crippen MR) is 30.9 cm³/mol. The first-order valence-corrected chi connectivity index (χ1v) is 3.11.